The fraction of sp³-hybridized carbons (Fsp3) is 0.125. The minimum Gasteiger partial charge on any atom is -0.462 e. The van der Waals surface area contributed by atoms with Crippen molar-refractivity contribution in [2.24, 2.45) is 0 Å². The molecule has 1 atom stereocenters. The molecule has 5 nitrogen and oxygen atoms in total. The van der Waals surface area contributed by atoms with Gasteiger partial charge in [-0.05, 0) is 41.4 Å². The molecule has 1 aliphatic heterocycles. The van der Waals surface area contributed by atoms with Gasteiger partial charge in [-0.2, -0.15) is 0 Å². The second-order valence-electron chi connectivity index (χ2n) is 8.87. The Balaban J connectivity index is 1.88. The maximum absolute atomic E-state index is 14.5. The molecule has 0 fully saturated rings. The molecule has 4 aromatic carbocycles. The van der Waals surface area contributed by atoms with Crippen LogP contribution in [0.3, 0.4) is 0 Å². The predicted octanol–water partition coefficient (Wildman–Crippen LogP) is 4.07. The Labute approximate surface area is 222 Å². The molecular formula is C32H27O5P. The quantitative estimate of drug-likeness (QED) is 0.208. The van der Waals surface area contributed by atoms with Crippen LogP contribution in [0.4, 0.5) is 0 Å². The van der Waals surface area contributed by atoms with E-state index in [1.54, 1.807) is 19.1 Å². The van der Waals surface area contributed by atoms with E-state index in [0.29, 0.717) is 11.1 Å². The molecule has 0 spiro atoms. The van der Waals surface area contributed by atoms with Gasteiger partial charge >= 0.3 is 11.9 Å². The molecule has 5 rings (SSSR count). The van der Waals surface area contributed by atoms with Crippen molar-refractivity contribution in [3.05, 3.63) is 126 Å². The molecule has 0 N–H and O–H groups in total. The van der Waals surface area contributed by atoms with Crippen molar-refractivity contribution in [2.75, 3.05) is 6.61 Å². The van der Waals surface area contributed by atoms with E-state index in [-0.39, 0.29) is 18.3 Å². The molecule has 1 heterocycles. The van der Waals surface area contributed by atoms with Crippen LogP contribution in [-0.2, 0) is 25.5 Å². The molecule has 1 aliphatic rings. The van der Waals surface area contributed by atoms with Crippen LogP contribution in [0, 0.1) is 0 Å². The number of esters is 2. The highest BCUT2D eigenvalue weighted by molar-refractivity contribution is 7.97. The molecule has 0 amide bonds. The molecule has 0 bridgehead atoms. The summed E-state index contributed by atoms with van der Waals surface area (Å²) in [6.45, 7) is -1.26. The van der Waals surface area contributed by atoms with Gasteiger partial charge in [-0.25, -0.2) is 9.59 Å². The number of hydrogen-bond donors (Lipinski definition) is 0. The molecular weight excluding hydrogens is 495 g/mol. The first-order valence-corrected chi connectivity index (χ1v) is 14.3. The summed E-state index contributed by atoms with van der Waals surface area (Å²) < 4.78 is 11.3. The lowest BCUT2D eigenvalue weighted by molar-refractivity contribution is -0.136. The summed E-state index contributed by atoms with van der Waals surface area (Å²) in [5.74, 6) is -1.80. The number of carbonyl (C=O) groups excluding carboxylic acids is 3. The van der Waals surface area contributed by atoms with E-state index in [2.05, 4.69) is 0 Å². The summed E-state index contributed by atoms with van der Waals surface area (Å²) in [7, 11) is 0. The number of hydrogen-bond acceptors (Lipinski definition) is 5. The summed E-state index contributed by atoms with van der Waals surface area (Å²) in [5, 5.41) is 2.50. The van der Waals surface area contributed by atoms with Crippen molar-refractivity contribution in [1.29, 1.82) is 0 Å². The third-order valence-corrected chi connectivity index (χ3v) is 10.9. The highest BCUT2D eigenvalue weighted by Gasteiger charge is 2.42. The van der Waals surface area contributed by atoms with Gasteiger partial charge in [0.15, 0.2) is 6.10 Å². The van der Waals surface area contributed by atoms with E-state index in [9.17, 15) is 14.4 Å². The summed E-state index contributed by atoms with van der Waals surface area (Å²) >= 11 is 0. The first-order chi connectivity index (χ1) is 18.6. The molecule has 6 heteroatoms. The highest BCUT2D eigenvalue weighted by Crippen LogP contribution is 2.47. The van der Waals surface area contributed by atoms with Crippen LogP contribution in [0.5, 0.6) is 0 Å². The van der Waals surface area contributed by atoms with Crippen molar-refractivity contribution >= 4 is 45.8 Å². The van der Waals surface area contributed by atoms with Gasteiger partial charge in [-0.15, -0.1) is 0 Å². The molecule has 0 aliphatic carbocycles. The predicted molar refractivity (Wildman–Crippen MR) is 151 cm³/mol. The third-order valence-electron chi connectivity index (χ3n) is 6.65. The first kappa shape index (κ1) is 25.4. The van der Waals surface area contributed by atoms with Crippen LogP contribution >= 0.6 is 6.89 Å². The fourth-order valence-electron chi connectivity index (χ4n) is 5.02. The number of fused-ring (bicyclic) bond motifs is 1. The standard InChI is InChI=1S/C32H27O5P/c1-2-36-32(35)30(29(33)28-22-23-14-12-13-21-27(23)31(34)37-28)38(24-15-6-3-7-16-24,25-17-8-4-9-18-25)26-19-10-5-11-20-26/h3-21,28H,2,22H2,1H3/t28-/m0/s1. The third kappa shape index (κ3) is 4.51. The zero-order valence-corrected chi connectivity index (χ0v) is 21.8. The number of ketones is 1. The van der Waals surface area contributed by atoms with Crippen molar-refractivity contribution < 1.29 is 23.9 Å². The Bertz CT molecular complexity index is 1420. The van der Waals surface area contributed by atoms with E-state index >= 15 is 0 Å². The summed E-state index contributed by atoms with van der Waals surface area (Å²) in [4.78, 5) is 41.4. The van der Waals surface area contributed by atoms with E-state index < -0.39 is 30.7 Å². The van der Waals surface area contributed by atoms with Gasteiger partial charge in [0.1, 0.15) is 5.29 Å². The van der Waals surface area contributed by atoms with E-state index in [4.69, 9.17) is 9.47 Å². The number of rotatable bonds is 7. The van der Waals surface area contributed by atoms with E-state index in [1.807, 2.05) is 103 Å². The number of carbonyl (C=O) groups is 3. The van der Waals surface area contributed by atoms with Crippen LogP contribution in [0.25, 0.3) is 0 Å². The summed E-state index contributed by atoms with van der Waals surface area (Å²) in [6.07, 6.45) is -0.963. The Morgan fingerprint density at radius 2 is 1.24 bits per heavy atom. The minimum atomic E-state index is -3.07. The fourth-order valence-corrected chi connectivity index (χ4v) is 9.36. The highest BCUT2D eigenvalue weighted by atomic mass is 31.2. The van der Waals surface area contributed by atoms with Gasteiger partial charge < -0.3 is 9.47 Å². The summed E-state index contributed by atoms with van der Waals surface area (Å²) in [6, 6.07) is 35.9. The molecule has 4 aromatic rings. The number of benzene rings is 4. The van der Waals surface area contributed by atoms with Gasteiger partial charge in [-0.3, -0.25) is 4.79 Å². The summed E-state index contributed by atoms with van der Waals surface area (Å²) in [5.41, 5.74) is 1.15. The molecule has 38 heavy (non-hydrogen) atoms. The lowest BCUT2D eigenvalue weighted by atomic mass is 9.96. The topological polar surface area (TPSA) is 69.7 Å². The lowest BCUT2D eigenvalue weighted by Crippen LogP contribution is -2.45. The van der Waals surface area contributed by atoms with Crippen LogP contribution in [0.1, 0.15) is 22.8 Å². The van der Waals surface area contributed by atoms with Crippen molar-refractivity contribution in [3.8, 4) is 0 Å². The van der Waals surface area contributed by atoms with Crippen molar-refractivity contribution in [3.63, 3.8) is 0 Å². The van der Waals surface area contributed by atoms with E-state index in [1.165, 1.54) is 0 Å². The van der Waals surface area contributed by atoms with Gasteiger partial charge in [0.2, 0.25) is 5.78 Å². The average molecular weight is 523 g/mol. The zero-order chi connectivity index (χ0) is 26.5. The number of Topliss-reactive ketones (excluding diaryl/α,β-unsaturated/α-hetero) is 1. The van der Waals surface area contributed by atoms with Crippen LogP contribution in [0.15, 0.2) is 115 Å². The number of cyclic esters (lactones) is 1. The Morgan fingerprint density at radius 3 is 1.74 bits per heavy atom. The monoisotopic (exact) mass is 522 g/mol. The molecule has 0 aromatic heterocycles. The Hall–Kier alpha value is -4.21. The van der Waals surface area contributed by atoms with Gasteiger partial charge in [0, 0.05) is 6.42 Å². The zero-order valence-electron chi connectivity index (χ0n) is 20.9. The normalized spacial score (nSPS) is 14.7. The molecule has 0 radical (unpaired) electrons. The number of ether oxygens (including phenoxy) is 2. The van der Waals surface area contributed by atoms with Crippen LogP contribution < -0.4 is 15.9 Å². The van der Waals surface area contributed by atoms with Crippen molar-refractivity contribution in [1.82, 2.24) is 0 Å². The van der Waals surface area contributed by atoms with Crippen molar-refractivity contribution in [2.45, 2.75) is 19.4 Å². The van der Waals surface area contributed by atoms with E-state index in [0.717, 1.165) is 15.9 Å². The minimum absolute atomic E-state index is 0.0140. The van der Waals surface area contributed by atoms with Gasteiger partial charge in [0.25, 0.3) is 0 Å². The maximum atomic E-state index is 14.5. The largest absolute Gasteiger partial charge is 0.462 e. The maximum Gasteiger partial charge on any atom is 0.342 e. The molecule has 0 unspecified atom stereocenters. The van der Waals surface area contributed by atoms with Gasteiger partial charge in [0.05, 0.1) is 12.2 Å². The smallest absolute Gasteiger partial charge is 0.342 e. The molecule has 0 saturated heterocycles. The Kier molecular flexibility index (Phi) is 7.39. The lowest BCUT2D eigenvalue weighted by Gasteiger charge is -2.33. The second-order valence-corrected chi connectivity index (χ2v) is 12.2. The Morgan fingerprint density at radius 1 is 0.763 bits per heavy atom. The molecule has 0 saturated carbocycles. The van der Waals surface area contributed by atoms with Crippen LogP contribution in [0.2, 0.25) is 0 Å². The van der Waals surface area contributed by atoms with Gasteiger partial charge in [-0.1, -0.05) is 109 Å². The second kappa shape index (κ2) is 11.0. The SMILES string of the molecule is CCOC(=O)C(C(=O)[C@@H]1Cc2ccccc2C(=O)O1)=P(c1ccccc1)(c1ccccc1)c1ccccc1. The molecule has 190 valence electrons. The average Bonchev–Trinajstić information content (AvgIpc) is 2.97. The van der Waals surface area contributed by atoms with Crippen LogP contribution in [-0.4, -0.2) is 35.7 Å². The first-order valence-electron chi connectivity index (χ1n) is 12.5.